The maximum atomic E-state index is 12.0. The Morgan fingerprint density at radius 2 is 1.90 bits per heavy atom. The Kier molecular flexibility index (Phi) is 9.60. The minimum absolute atomic E-state index is 0.278. The van der Waals surface area contributed by atoms with Crippen LogP contribution in [0.2, 0.25) is 0 Å². The monoisotopic (exact) mass is 414 g/mol. The number of carbonyl (C=O) groups is 4. The van der Waals surface area contributed by atoms with Crippen molar-refractivity contribution in [3.05, 3.63) is 12.2 Å². The quantitative estimate of drug-likeness (QED) is 0.627. The van der Waals surface area contributed by atoms with Crippen molar-refractivity contribution in [2.75, 3.05) is 33.8 Å². The van der Waals surface area contributed by atoms with E-state index in [0.717, 1.165) is 30.6 Å². The molecule has 2 fully saturated rings. The minimum atomic E-state index is -1.26. The van der Waals surface area contributed by atoms with E-state index in [9.17, 15) is 19.2 Å². The number of carboxylic acids is 2. The number of amides is 2. The molecule has 2 atom stereocenters. The third kappa shape index (κ3) is 8.51. The second kappa shape index (κ2) is 11.4. The Balaban J connectivity index is 0.000000447. The second-order valence-electron chi connectivity index (χ2n) is 7.44. The molecule has 0 aromatic rings. The van der Waals surface area contributed by atoms with Gasteiger partial charge in [-0.1, -0.05) is 19.8 Å². The zero-order chi connectivity index (χ0) is 22.0. The molecule has 164 valence electrons. The van der Waals surface area contributed by atoms with Gasteiger partial charge in [-0.05, 0) is 39.3 Å². The summed E-state index contributed by atoms with van der Waals surface area (Å²) in [7, 11) is 3.81. The number of ether oxygens (including phenoxy) is 2. The molecule has 1 aliphatic heterocycles. The van der Waals surface area contributed by atoms with Crippen LogP contribution in [0.1, 0.15) is 39.0 Å². The summed E-state index contributed by atoms with van der Waals surface area (Å²) in [6.07, 6.45) is 5.00. The van der Waals surface area contributed by atoms with Crippen LogP contribution in [-0.2, 0) is 19.1 Å². The van der Waals surface area contributed by atoms with Crippen LogP contribution in [0.4, 0.5) is 9.59 Å². The first-order chi connectivity index (χ1) is 13.6. The lowest BCUT2D eigenvalue weighted by molar-refractivity contribution is -0.134. The Morgan fingerprint density at radius 1 is 1.28 bits per heavy atom. The summed E-state index contributed by atoms with van der Waals surface area (Å²) in [6, 6.07) is 0. The van der Waals surface area contributed by atoms with Gasteiger partial charge in [-0.25, -0.2) is 24.1 Å². The number of hydrogen-bond acceptors (Lipinski definition) is 7. The normalized spacial score (nSPS) is 23.7. The average Bonchev–Trinajstić information content (AvgIpc) is 2.95. The molecular formula is C19H30N2O8. The van der Waals surface area contributed by atoms with Gasteiger partial charge in [0.1, 0.15) is 12.2 Å². The molecular weight excluding hydrogens is 384 g/mol. The first kappa shape index (κ1) is 24.4. The molecule has 2 N–H and O–H groups in total. The smallest absolute Gasteiger partial charge is 0.420 e. The van der Waals surface area contributed by atoms with Crippen LogP contribution in [0.25, 0.3) is 0 Å². The van der Waals surface area contributed by atoms with Gasteiger partial charge in [-0.15, -0.1) is 0 Å². The standard InChI is InChI=1S/C15H26N2O4.C4H4O4/c1-4-12-6-5-7-15(10-12)11-17(14(19)21-15)13(18)20-9-8-16(2)3;5-3(6)1-2-4(7)8/h12H,4-11H2,1-3H3;1-2H,(H,5,6)(H,7,8)/b;2-1-. The number of hydrogen-bond donors (Lipinski definition) is 2. The van der Waals surface area contributed by atoms with Gasteiger partial charge < -0.3 is 24.6 Å². The van der Waals surface area contributed by atoms with Gasteiger partial charge in [0.05, 0.1) is 6.54 Å². The molecule has 10 heteroatoms. The van der Waals surface area contributed by atoms with Crippen LogP contribution >= 0.6 is 0 Å². The van der Waals surface area contributed by atoms with Crippen LogP contribution in [-0.4, -0.2) is 83.5 Å². The summed E-state index contributed by atoms with van der Waals surface area (Å²) in [5.41, 5.74) is -0.476. The van der Waals surface area contributed by atoms with E-state index in [2.05, 4.69) is 6.92 Å². The highest BCUT2D eigenvalue weighted by Gasteiger charge is 2.50. The van der Waals surface area contributed by atoms with E-state index in [4.69, 9.17) is 19.7 Å². The third-order valence-electron chi connectivity index (χ3n) is 4.81. The van der Waals surface area contributed by atoms with Crippen molar-refractivity contribution in [3.63, 3.8) is 0 Å². The summed E-state index contributed by atoms with van der Waals surface area (Å²) in [4.78, 5) is 46.1. The summed E-state index contributed by atoms with van der Waals surface area (Å²) in [5.74, 6) is -1.93. The fraction of sp³-hybridized carbons (Fsp3) is 0.684. The maximum Gasteiger partial charge on any atom is 0.420 e. The molecule has 1 spiro atoms. The first-order valence-corrected chi connectivity index (χ1v) is 9.54. The van der Waals surface area contributed by atoms with E-state index in [1.165, 1.54) is 6.42 Å². The van der Waals surface area contributed by atoms with Crippen molar-refractivity contribution in [1.82, 2.24) is 9.80 Å². The molecule has 0 bridgehead atoms. The molecule has 2 aliphatic rings. The predicted octanol–water partition coefficient (Wildman–Crippen LogP) is 2.19. The fourth-order valence-electron chi connectivity index (χ4n) is 3.33. The molecule has 0 aromatic carbocycles. The van der Waals surface area contributed by atoms with Crippen LogP contribution in [0.3, 0.4) is 0 Å². The fourth-order valence-corrected chi connectivity index (χ4v) is 3.33. The first-order valence-electron chi connectivity index (χ1n) is 9.54. The lowest BCUT2D eigenvalue weighted by Gasteiger charge is -2.35. The largest absolute Gasteiger partial charge is 0.478 e. The SMILES string of the molecule is CCC1CCCC2(C1)CN(C(=O)OCCN(C)C)C(=O)O2.O=C(O)/C=C\C(=O)O. The van der Waals surface area contributed by atoms with Crippen LogP contribution in [0.5, 0.6) is 0 Å². The van der Waals surface area contributed by atoms with Crippen molar-refractivity contribution >= 4 is 24.1 Å². The number of rotatable bonds is 6. The molecule has 2 unspecified atom stereocenters. The Labute approximate surface area is 170 Å². The lowest BCUT2D eigenvalue weighted by Crippen LogP contribution is -2.41. The molecule has 2 amide bonds. The number of carboxylic acid groups (broad SMARTS) is 2. The lowest BCUT2D eigenvalue weighted by atomic mass is 9.77. The molecule has 1 saturated heterocycles. The zero-order valence-corrected chi connectivity index (χ0v) is 17.1. The van der Waals surface area contributed by atoms with Gasteiger partial charge in [0.15, 0.2) is 0 Å². The molecule has 1 saturated carbocycles. The van der Waals surface area contributed by atoms with Crippen molar-refractivity contribution in [2.45, 2.75) is 44.6 Å². The van der Waals surface area contributed by atoms with Gasteiger partial charge in [-0.3, -0.25) is 0 Å². The van der Waals surface area contributed by atoms with Gasteiger partial charge in [0.25, 0.3) is 0 Å². The predicted molar refractivity (Wildman–Crippen MR) is 102 cm³/mol. The molecule has 0 aromatic heterocycles. The summed E-state index contributed by atoms with van der Waals surface area (Å²) >= 11 is 0. The van der Waals surface area contributed by atoms with Crippen molar-refractivity contribution in [1.29, 1.82) is 0 Å². The van der Waals surface area contributed by atoms with E-state index in [1.807, 2.05) is 19.0 Å². The number of aliphatic carboxylic acids is 2. The number of imide groups is 1. The number of carbonyl (C=O) groups excluding carboxylic acids is 2. The highest BCUT2D eigenvalue weighted by Crippen LogP contribution is 2.40. The van der Waals surface area contributed by atoms with Gasteiger partial charge >= 0.3 is 24.1 Å². The van der Waals surface area contributed by atoms with Crippen molar-refractivity contribution < 1.29 is 38.9 Å². The van der Waals surface area contributed by atoms with E-state index in [-0.39, 0.29) is 6.61 Å². The minimum Gasteiger partial charge on any atom is -0.478 e. The van der Waals surface area contributed by atoms with Crippen molar-refractivity contribution in [3.8, 4) is 0 Å². The molecule has 0 radical (unpaired) electrons. The highest BCUT2D eigenvalue weighted by atomic mass is 16.6. The zero-order valence-electron chi connectivity index (χ0n) is 17.1. The van der Waals surface area contributed by atoms with Gasteiger partial charge in [0.2, 0.25) is 0 Å². The highest BCUT2D eigenvalue weighted by molar-refractivity contribution is 5.90. The molecule has 2 rings (SSSR count). The van der Waals surface area contributed by atoms with E-state index in [0.29, 0.717) is 31.2 Å². The van der Waals surface area contributed by atoms with Crippen molar-refractivity contribution in [2.24, 2.45) is 5.92 Å². The second-order valence-corrected chi connectivity index (χ2v) is 7.44. The summed E-state index contributed by atoms with van der Waals surface area (Å²) < 4.78 is 10.7. The Bertz CT molecular complexity index is 618. The molecule has 10 nitrogen and oxygen atoms in total. The van der Waals surface area contributed by atoms with E-state index >= 15 is 0 Å². The van der Waals surface area contributed by atoms with Gasteiger partial charge in [0, 0.05) is 18.7 Å². The van der Waals surface area contributed by atoms with Crippen LogP contribution in [0, 0.1) is 5.92 Å². The maximum absolute atomic E-state index is 12.0. The Morgan fingerprint density at radius 3 is 2.41 bits per heavy atom. The molecule has 29 heavy (non-hydrogen) atoms. The molecule has 1 heterocycles. The number of likely N-dealkylation sites (N-methyl/N-ethyl adjacent to an activating group) is 1. The van der Waals surface area contributed by atoms with Gasteiger partial charge in [-0.2, -0.15) is 0 Å². The van der Waals surface area contributed by atoms with Crippen LogP contribution in [0.15, 0.2) is 12.2 Å². The Hall–Kier alpha value is -2.62. The average molecular weight is 414 g/mol. The summed E-state index contributed by atoms with van der Waals surface area (Å²) in [6.45, 7) is 3.41. The summed E-state index contributed by atoms with van der Waals surface area (Å²) in [5, 5.41) is 15.6. The topological polar surface area (TPSA) is 134 Å². The van der Waals surface area contributed by atoms with E-state index < -0.39 is 29.7 Å². The third-order valence-corrected chi connectivity index (χ3v) is 4.81. The van der Waals surface area contributed by atoms with E-state index in [1.54, 1.807) is 0 Å². The van der Waals surface area contributed by atoms with Crippen LogP contribution < -0.4 is 0 Å². The molecule has 1 aliphatic carbocycles. The number of nitrogens with zero attached hydrogens (tertiary/aromatic N) is 2.